The van der Waals surface area contributed by atoms with E-state index in [0.717, 1.165) is 39.1 Å². The van der Waals surface area contributed by atoms with Crippen LogP contribution in [-0.2, 0) is 9.59 Å². The summed E-state index contributed by atoms with van der Waals surface area (Å²) in [6.45, 7) is 4.88. The van der Waals surface area contributed by atoms with Crippen molar-refractivity contribution in [2.45, 2.75) is 38.5 Å². The van der Waals surface area contributed by atoms with Crippen LogP contribution in [0.15, 0.2) is 11.6 Å². The van der Waals surface area contributed by atoms with Crippen LogP contribution in [0, 0.1) is 5.92 Å². The van der Waals surface area contributed by atoms with Gasteiger partial charge in [-0.15, -0.1) is 0 Å². The summed E-state index contributed by atoms with van der Waals surface area (Å²) in [7, 11) is 2.09. The van der Waals surface area contributed by atoms with E-state index in [1.807, 2.05) is 9.80 Å². The average molecular weight is 319 g/mol. The highest BCUT2D eigenvalue weighted by molar-refractivity contribution is 5.89. The molecule has 2 aliphatic heterocycles. The summed E-state index contributed by atoms with van der Waals surface area (Å²) in [6, 6.07) is 0. The van der Waals surface area contributed by atoms with E-state index in [4.69, 9.17) is 0 Å². The van der Waals surface area contributed by atoms with Crippen LogP contribution in [0.3, 0.4) is 0 Å². The SMILES string of the molecule is CN1CCN(C(=O)C2CC(=O)N(CCC3=CCCCC3)C2)CC1. The third kappa shape index (κ3) is 4.14. The maximum atomic E-state index is 12.6. The summed E-state index contributed by atoms with van der Waals surface area (Å²) in [5.41, 5.74) is 1.50. The van der Waals surface area contributed by atoms with Crippen LogP contribution >= 0.6 is 0 Å². The van der Waals surface area contributed by atoms with Crippen molar-refractivity contribution >= 4 is 11.8 Å². The number of amides is 2. The molecule has 128 valence electrons. The number of carbonyl (C=O) groups is 2. The van der Waals surface area contributed by atoms with Gasteiger partial charge in [0.15, 0.2) is 0 Å². The van der Waals surface area contributed by atoms with Crippen LogP contribution in [0.2, 0.25) is 0 Å². The molecule has 2 heterocycles. The van der Waals surface area contributed by atoms with Gasteiger partial charge in [-0.05, 0) is 39.2 Å². The Morgan fingerprint density at radius 3 is 2.70 bits per heavy atom. The van der Waals surface area contributed by atoms with Crippen molar-refractivity contribution in [3.05, 3.63) is 11.6 Å². The van der Waals surface area contributed by atoms with Gasteiger partial charge in [0.1, 0.15) is 0 Å². The van der Waals surface area contributed by atoms with Crippen molar-refractivity contribution in [2.75, 3.05) is 46.3 Å². The predicted molar refractivity (Wildman–Crippen MR) is 89.9 cm³/mol. The van der Waals surface area contributed by atoms with Crippen molar-refractivity contribution in [3.8, 4) is 0 Å². The molecule has 0 radical (unpaired) electrons. The number of rotatable bonds is 4. The molecule has 2 fully saturated rings. The molecule has 0 aromatic heterocycles. The summed E-state index contributed by atoms with van der Waals surface area (Å²) in [5, 5.41) is 0. The third-order valence-corrected chi connectivity index (χ3v) is 5.47. The fourth-order valence-electron chi connectivity index (χ4n) is 3.85. The Balaban J connectivity index is 1.48. The van der Waals surface area contributed by atoms with Crippen LogP contribution in [0.5, 0.6) is 0 Å². The molecule has 3 rings (SSSR count). The second-order valence-corrected chi connectivity index (χ2v) is 7.23. The topological polar surface area (TPSA) is 43.9 Å². The Morgan fingerprint density at radius 2 is 2.00 bits per heavy atom. The number of likely N-dealkylation sites (tertiary alicyclic amines) is 1. The van der Waals surface area contributed by atoms with Crippen LogP contribution in [0.1, 0.15) is 38.5 Å². The number of allylic oxidation sites excluding steroid dienone is 1. The largest absolute Gasteiger partial charge is 0.342 e. The van der Waals surface area contributed by atoms with E-state index in [2.05, 4.69) is 18.0 Å². The van der Waals surface area contributed by atoms with Crippen molar-refractivity contribution in [1.29, 1.82) is 0 Å². The Morgan fingerprint density at radius 1 is 1.22 bits per heavy atom. The Bertz CT molecular complexity index is 481. The maximum Gasteiger partial charge on any atom is 0.228 e. The minimum atomic E-state index is -0.119. The van der Waals surface area contributed by atoms with Crippen LogP contribution < -0.4 is 0 Å². The molecule has 1 aliphatic carbocycles. The molecular formula is C18H29N3O2. The molecule has 0 N–H and O–H groups in total. The minimum Gasteiger partial charge on any atom is -0.342 e. The van der Waals surface area contributed by atoms with Gasteiger partial charge in [0.05, 0.1) is 5.92 Å². The molecule has 5 heteroatoms. The first-order valence-corrected chi connectivity index (χ1v) is 9.06. The first-order chi connectivity index (χ1) is 11.1. The van der Waals surface area contributed by atoms with Gasteiger partial charge in [-0.3, -0.25) is 9.59 Å². The number of hydrogen-bond acceptors (Lipinski definition) is 3. The van der Waals surface area contributed by atoms with E-state index in [1.165, 1.54) is 31.3 Å². The van der Waals surface area contributed by atoms with Gasteiger partial charge < -0.3 is 14.7 Å². The third-order valence-electron chi connectivity index (χ3n) is 5.47. The van der Waals surface area contributed by atoms with Gasteiger partial charge in [-0.25, -0.2) is 0 Å². The Labute approximate surface area is 139 Å². The van der Waals surface area contributed by atoms with Gasteiger partial charge in [-0.1, -0.05) is 11.6 Å². The summed E-state index contributed by atoms with van der Waals surface area (Å²) < 4.78 is 0. The van der Waals surface area contributed by atoms with Gasteiger partial charge in [-0.2, -0.15) is 0 Å². The smallest absolute Gasteiger partial charge is 0.228 e. The van der Waals surface area contributed by atoms with E-state index in [0.29, 0.717) is 13.0 Å². The standard InChI is InChI=1S/C18H29N3O2/c1-19-9-11-20(12-10-19)18(23)16-13-17(22)21(14-16)8-7-15-5-3-2-4-6-15/h5,16H,2-4,6-14H2,1H3. The summed E-state index contributed by atoms with van der Waals surface area (Å²) in [6.07, 6.45) is 8.69. The molecule has 0 aromatic carbocycles. The van der Waals surface area contributed by atoms with E-state index in [1.54, 1.807) is 0 Å². The Kier molecular flexibility index (Phi) is 5.36. The molecule has 0 aromatic rings. The molecule has 23 heavy (non-hydrogen) atoms. The van der Waals surface area contributed by atoms with Crippen molar-refractivity contribution in [2.24, 2.45) is 5.92 Å². The van der Waals surface area contributed by atoms with E-state index >= 15 is 0 Å². The normalized spacial score (nSPS) is 26.6. The lowest BCUT2D eigenvalue weighted by Crippen LogP contribution is -2.49. The predicted octanol–water partition coefficient (Wildman–Crippen LogP) is 1.50. The summed E-state index contributed by atoms with van der Waals surface area (Å²) in [4.78, 5) is 30.9. The molecule has 5 nitrogen and oxygen atoms in total. The molecular weight excluding hydrogens is 290 g/mol. The zero-order valence-corrected chi connectivity index (χ0v) is 14.3. The second-order valence-electron chi connectivity index (χ2n) is 7.23. The number of hydrogen-bond donors (Lipinski definition) is 0. The molecule has 2 amide bonds. The lowest BCUT2D eigenvalue weighted by molar-refractivity contribution is -0.137. The molecule has 0 bridgehead atoms. The lowest BCUT2D eigenvalue weighted by atomic mass is 9.97. The Hall–Kier alpha value is -1.36. The average Bonchev–Trinajstić information content (AvgIpc) is 2.95. The molecule has 3 aliphatic rings. The molecule has 1 atom stereocenters. The van der Waals surface area contributed by atoms with Gasteiger partial charge in [0.25, 0.3) is 0 Å². The quantitative estimate of drug-likeness (QED) is 0.738. The highest BCUT2D eigenvalue weighted by Gasteiger charge is 2.36. The van der Waals surface area contributed by atoms with E-state index in [9.17, 15) is 9.59 Å². The minimum absolute atomic E-state index is 0.119. The lowest BCUT2D eigenvalue weighted by Gasteiger charge is -2.33. The maximum absolute atomic E-state index is 12.6. The van der Waals surface area contributed by atoms with E-state index < -0.39 is 0 Å². The fourth-order valence-corrected chi connectivity index (χ4v) is 3.85. The van der Waals surface area contributed by atoms with Crippen molar-refractivity contribution in [1.82, 2.24) is 14.7 Å². The van der Waals surface area contributed by atoms with E-state index in [-0.39, 0.29) is 17.7 Å². The number of nitrogens with zero attached hydrogens (tertiary/aromatic N) is 3. The van der Waals surface area contributed by atoms with Crippen LogP contribution in [0.25, 0.3) is 0 Å². The summed E-state index contributed by atoms with van der Waals surface area (Å²) in [5.74, 6) is 0.228. The fraction of sp³-hybridized carbons (Fsp3) is 0.778. The van der Waals surface area contributed by atoms with Crippen molar-refractivity contribution in [3.63, 3.8) is 0 Å². The molecule has 0 saturated carbocycles. The zero-order chi connectivity index (χ0) is 16.2. The molecule has 0 spiro atoms. The summed E-state index contributed by atoms with van der Waals surface area (Å²) >= 11 is 0. The number of likely N-dealkylation sites (N-methyl/N-ethyl adjacent to an activating group) is 1. The zero-order valence-electron chi connectivity index (χ0n) is 14.3. The molecule has 2 saturated heterocycles. The highest BCUT2D eigenvalue weighted by atomic mass is 16.2. The second kappa shape index (κ2) is 7.47. The highest BCUT2D eigenvalue weighted by Crippen LogP contribution is 2.24. The monoisotopic (exact) mass is 319 g/mol. The molecule has 1 unspecified atom stereocenters. The van der Waals surface area contributed by atoms with Crippen LogP contribution in [0.4, 0.5) is 0 Å². The first-order valence-electron chi connectivity index (χ1n) is 9.06. The van der Waals surface area contributed by atoms with Gasteiger partial charge in [0.2, 0.25) is 11.8 Å². The van der Waals surface area contributed by atoms with Crippen molar-refractivity contribution < 1.29 is 9.59 Å². The first kappa shape index (κ1) is 16.5. The number of carbonyl (C=O) groups excluding carboxylic acids is 2. The van der Waals surface area contributed by atoms with Crippen LogP contribution in [-0.4, -0.2) is 72.8 Å². The van der Waals surface area contributed by atoms with Gasteiger partial charge >= 0.3 is 0 Å². The number of piperazine rings is 1. The van der Waals surface area contributed by atoms with Gasteiger partial charge in [0, 0.05) is 45.7 Å².